The lowest BCUT2D eigenvalue weighted by atomic mass is 9.99. The van der Waals surface area contributed by atoms with Gasteiger partial charge in [0.1, 0.15) is 0 Å². The maximum Gasteiger partial charge on any atom is 0.220 e. The predicted molar refractivity (Wildman–Crippen MR) is 69.8 cm³/mol. The predicted octanol–water partition coefficient (Wildman–Crippen LogP) is 2.22. The van der Waals surface area contributed by atoms with Crippen molar-refractivity contribution in [2.24, 2.45) is 5.92 Å². The molecule has 2 fully saturated rings. The number of carbonyl (C=O) groups excluding carboxylic acids is 1. The van der Waals surface area contributed by atoms with Gasteiger partial charge < -0.3 is 10.6 Å². The van der Waals surface area contributed by atoms with E-state index in [4.69, 9.17) is 0 Å². The summed E-state index contributed by atoms with van der Waals surface area (Å²) in [5.41, 5.74) is 0.142. The van der Waals surface area contributed by atoms with Crippen molar-refractivity contribution in [1.29, 1.82) is 0 Å². The van der Waals surface area contributed by atoms with Crippen molar-refractivity contribution in [2.75, 3.05) is 13.1 Å². The van der Waals surface area contributed by atoms with Crippen LogP contribution in [-0.2, 0) is 4.79 Å². The van der Waals surface area contributed by atoms with Crippen LogP contribution in [-0.4, -0.2) is 24.5 Å². The number of hydrogen-bond acceptors (Lipinski definition) is 2. The summed E-state index contributed by atoms with van der Waals surface area (Å²) < 4.78 is 0. The molecular formula is C14H26N2O. The molecule has 98 valence electrons. The van der Waals surface area contributed by atoms with Gasteiger partial charge >= 0.3 is 0 Å². The number of hydrogen-bond donors (Lipinski definition) is 2. The van der Waals surface area contributed by atoms with E-state index >= 15 is 0 Å². The molecule has 2 N–H and O–H groups in total. The average Bonchev–Trinajstić information content (AvgIpc) is 2.95. The molecule has 2 aliphatic rings. The number of nitrogens with one attached hydrogen (secondary N) is 2. The molecule has 1 saturated heterocycles. The molecular weight excluding hydrogens is 212 g/mol. The highest BCUT2D eigenvalue weighted by atomic mass is 16.1. The Kier molecular flexibility index (Phi) is 4.43. The minimum Gasteiger partial charge on any atom is -0.354 e. The van der Waals surface area contributed by atoms with Gasteiger partial charge in [-0.3, -0.25) is 4.79 Å². The van der Waals surface area contributed by atoms with Gasteiger partial charge in [-0.25, -0.2) is 0 Å². The zero-order valence-corrected chi connectivity index (χ0v) is 11.1. The van der Waals surface area contributed by atoms with Crippen LogP contribution >= 0.6 is 0 Å². The standard InChI is InChI=1S/C14H26N2O/c1-14(9-4-10-16-14)11-15-13(17)8-7-12-5-2-3-6-12/h12,16H,2-11H2,1H3,(H,15,17). The van der Waals surface area contributed by atoms with E-state index in [1.54, 1.807) is 0 Å². The van der Waals surface area contributed by atoms with Crippen molar-refractivity contribution in [3.8, 4) is 0 Å². The summed E-state index contributed by atoms with van der Waals surface area (Å²) in [6, 6.07) is 0. The normalized spacial score (nSPS) is 29.7. The Morgan fingerprint density at radius 2 is 2.12 bits per heavy atom. The zero-order valence-electron chi connectivity index (χ0n) is 11.1. The quantitative estimate of drug-likeness (QED) is 0.771. The highest BCUT2D eigenvalue weighted by Crippen LogP contribution is 2.28. The SMILES string of the molecule is CC1(CNC(=O)CCC2CCCC2)CCCN1. The summed E-state index contributed by atoms with van der Waals surface area (Å²) in [6.45, 7) is 4.09. The van der Waals surface area contributed by atoms with Gasteiger partial charge in [-0.05, 0) is 38.6 Å². The van der Waals surface area contributed by atoms with Crippen LogP contribution in [0.15, 0.2) is 0 Å². The third-order valence-corrected chi connectivity index (χ3v) is 4.39. The molecule has 3 nitrogen and oxygen atoms in total. The van der Waals surface area contributed by atoms with Crippen LogP contribution in [0, 0.1) is 5.92 Å². The van der Waals surface area contributed by atoms with E-state index in [1.807, 2.05) is 0 Å². The molecule has 2 rings (SSSR count). The van der Waals surface area contributed by atoms with Crippen LogP contribution in [0.2, 0.25) is 0 Å². The van der Waals surface area contributed by atoms with Crippen LogP contribution < -0.4 is 10.6 Å². The smallest absolute Gasteiger partial charge is 0.220 e. The molecule has 1 amide bonds. The molecule has 1 aliphatic carbocycles. The highest BCUT2D eigenvalue weighted by Gasteiger charge is 2.28. The maximum atomic E-state index is 11.8. The van der Waals surface area contributed by atoms with Gasteiger partial charge in [-0.2, -0.15) is 0 Å². The molecule has 0 aromatic rings. The number of rotatable bonds is 5. The van der Waals surface area contributed by atoms with Crippen molar-refractivity contribution < 1.29 is 4.79 Å². The number of carbonyl (C=O) groups is 1. The molecule has 0 spiro atoms. The minimum atomic E-state index is 0.142. The Balaban J connectivity index is 1.60. The molecule has 0 bridgehead atoms. The second kappa shape index (κ2) is 5.85. The summed E-state index contributed by atoms with van der Waals surface area (Å²) in [7, 11) is 0. The second-order valence-corrected chi connectivity index (χ2v) is 6.06. The average molecular weight is 238 g/mol. The van der Waals surface area contributed by atoms with Crippen molar-refractivity contribution in [3.05, 3.63) is 0 Å². The van der Waals surface area contributed by atoms with Gasteiger partial charge in [0.2, 0.25) is 5.91 Å². The van der Waals surface area contributed by atoms with E-state index in [2.05, 4.69) is 17.6 Å². The monoisotopic (exact) mass is 238 g/mol. The lowest BCUT2D eigenvalue weighted by Crippen LogP contribution is -2.47. The van der Waals surface area contributed by atoms with Crippen LogP contribution in [0.3, 0.4) is 0 Å². The lowest BCUT2D eigenvalue weighted by Gasteiger charge is -2.24. The number of amides is 1. The Morgan fingerprint density at radius 1 is 1.35 bits per heavy atom. The second-order valence-electron chi connectivity index (χ2n) is 6.06. The van der Waals surface area contributed by atoms with E-state index in [0.29, 0.717) is 0 Å². The van der Waals surface area contributed by atoms with Gasteiger partial charge in [-0.1, -0.05) is 25.7 Å². The molecule has 0 aromatic carbocycles. The van der Waals surface area contributed by atoms with Crippen LogP contribution in [0.25, 0.3) is 0 Å². The minimum absolute atomic E-state index is 0.142. The first-order chi connectivity index (χ1) is 8.18. The fourth-order valence-electron chi connectivity index (χ4n) is 3.12. The van der Waals surface area contributed by atoms with Gasteiger partial charge in [0.05, 0.1) is 0 Å². The molecule has 17 heavy (non-hydrogen) atoms. The maximum absolute atomic E-state index is 11.8. The van der Waals surface area contributed by atoms with Gasteiger partial charge in [0.15, 0.2) is 0 Å². The molecule has 1 saturated carbocycles. The van der Waals surface area contributed by atoms with E-state index in [0.717, 1.165) is 31.8 Å². The molecule has 1 atom stereocenters. The summed E-state index contributed by atoms with van der Waals surface area (Å²) in [6.07, 6.45) is 9.64. The first-order valence-corrected chi connectivity index (χ1v) is 7.20. The summed E-state index contributed by atoms with van der Waals surface area (Å²) in [5, 5.41) is 6.56. The summed E-state index contributed by atoms with van der Waals surface area (Å²) in [5.74, 6) is 1.06. The zero-order chi connectivity index (χ0) is 12.1. The molecule has 1 heterocycles. The molecule has 0 aromatic heterocycles. The summed E-state index contributed by atoms with van der Waals surface area (Å²) >= 11 is 0. The lowest BCUT2D eigenvalue weighted by molar-refractivity contribution is -0.121. The fourth-order valence-corrected chi connectivity index (χ4v) is 3.12. The van der Waals surface area contributed by atoms with Crippen molar-refractivity contribution in [1.82, 2.24) is 10.6 Å². The molecule has 0 radical (unpaired) electrons. The first-order valence-electron chi connectivity index (χ1n) is 7.20. The Labute approximate surface area is 105 Å². The van der Waals surface area contributed by atoms with Crippen molar-refractivity contribution >= 4 is 5.91 Å². The van der Waals surface area contributed by atoms with Crippen LogP contribution in [0.4, 0.5) is 0 Å². The Hall–Kier alpha value is -0.570. The first kappa shape index (κ1) is 12.9. The van der Waals surface area contributed by atoms with Gasteiger partial charge in [0.25, 0.3) is 0 Å². The highest BCUT2D eigenvalue weighted by molar-refractivity contribution is 5.75. The molecule has 3 heteroatoms. The van der Waals surface area contributed by atoms with E-state index < -0.39 is 0 Å². The van der Waals surface area contributed by atoms with Gasteiger partial charge in [0, 0.05) is 18.5 Å². The van der Waals surface area contributed by atoms with Crippen LogP contribution in [0.5, 0.6) is 0 Å². The van der Waals surface area contributed by atoms with Gasteiger partial charge in [-0.15, -0.1) is 0 Å². The Bertz CT molecular complexity index is 253. The van der Waals surface area contributed by atoms with E-state index in [1.165, 1.54) is 38.5 Å². The summed E-state index contributed by atoms with van der Waals surface area (Å²) in [4.78, 5) is 11.8. The van der Waals surface area contributed by atoms with Crippen LogP contribution in [0.1, 0.15) is 58.3 Å². The fraction of sp³-hybridized carbons (Fsp3) is 0.929. The van der Waals surface area contributed by atoms with Crippen molar-refractivity contribution in [3.63, 3.8) is 0 Å². The molecule has 1 unspecified atom stereocenters. The van der Waals surface area contributed by atoms with E-state index in [-0.39, 0.29) is 11.4 Å². The third kappa shape index (κ3) is 3.98. The van der Waals surface area contributed by atoms with Crippen molar-refractivity contribution in [2.45, 2.75) is 63.8 Å². The topological polar surface area (TPSA) is 41.1 Å². The largest absolute Gasteiger partial charge is 0.354 e. The molecule has 1 aliphatic heterocycles. The van der Waals surface area contributed by atoms with E-state index in [9.17, 15) is 4.79 Å². The Morgan fingerprint density at radius 3 is 2.76 bits per heavy atom. The third-order valence-electron chi connectivity index (χ3n) is 4.39.